The Bertz CT molecular complexity index is 356. The summed E-state index contributed by atoms with van der Waals surface area (Å²) >= 11 is 0. The van der Waals surface area contributed by atoms with Crippen LogP contribution >= 0.6 is 0 Å². The number of ether oxygens (including phenoxy) is 1. The molecule has 1 rings (SSSR count). The first kappa shape index (κ1) is 12.6. The fourth-order valence-electron chi connectivity index (χ4n) is 1.65. The number of carbonyl (C=O) groups is 1. The third-order valence-electron chi connectivity index (χ3n) is 2.99. The predicted molar refractivity (Wildman–Crippen MR) is 62.2 cm³/mol. The SMILES string of the molecule is CCC(C)(Cc1ccc(O)cc1)C(=O)OC. The van der Waals surface area contributed by atoms with Crippen molar-refractivity contribution < 1.29 is 14.6 Å². The maximum atomic E-state index is 11.7. The highest BCUT2D eigenvalue weighted by Crippen LogP contribution is 2.28. The van der Waals surface area contributed by atoms with E-state index in [0.717, 1.165) is 12.0 Å². The van der Waals surface area contributed by atoms with Gasteiger partial charge in [-0.05, 0) is 37.5 Å². The standard InChI is InChI=1S/C13H18O3/c1-4-13(2,12(15)16-3)9-10-5-7-11(14)8-6-10/h5-8,14H,4,9H2,1-3H3. The second-order valence-corrected chi connectivity index (χ2v) is 4.25. The molecule has 0 heterocycles. The highest BCUT2D eigenvalue weighted by Gasteiger charge is 2.32. The minimum Gasteiger partial charge on any atom is -0.508 e. The number of phenols is 1. The Labute approximate surface area is 96.1 Å². The average Bonchev–Trinajstić information content (AvgIpc) is 2.31. The third-order valence-corrected chi connectivity index (χ3v) is 2.99. The molecule has 0 aromatic heterocycles. The molecule has 0 aliphatic carbocycles. The Hall–Kier alpha value is -1.51. The van der Waals surface area contributed by atoms with E-state index in [1.807, 2.05) is 26.0 Å². The molecule has 0 aliphatic heterocycles. The molecule has 0 aliphatic rings. The number of esters is 1. The number of aromatic hydroxyl groups is 1. The lowest BCUT2D eigenvalue weighted by Gasteiger charge is -2.25. The van der Waals surface area contributed by atoms with Gasteiger partial charge in [-0.15, -0.1) is 0 Å². The summed E-state index contributed by atoms with van der Waals surface area (Å²) in [6.45, 7) is 3.86. The lowest BCUT2D eigenvalue weighted by atomic mass is 9.81. The molecular weight excluding hydrogens is 204 g/mol. The highest BCUT2D eigenvalue weighted by molar-refractivity contribution is 5.76. The zero-order valence-electron chi connectivity index (χ0n) is 9.99. The van der Waals surface area contributed by atoms with Crippen LogP contribution in [-0.2, 0) is 16.0 Å². The molecule has 1 aromatic carbocycles. The average molecular weight is 222 g/mol. The van der Waals surface area contributed by atoms with E-state index in [0.29, 0.717) is 6.42 Å². The lowest BCUT2D eigenvalue weighted by Crippen LogP contribution is -2.30. The van der Waals surface area contributed by atoms with Gasteiger partial charge < -0.3 is 9.84 Å². The van der Waals surface area contributed by atoms with Crippen molar-refractivity contribution in [1.82, 2.24) is 0 Å². The first-order valence-corrected chi connectivity index (χ1v) is 5.38. The van der Waals surface area contributed by atoms with E-state index in [1.165, 1.54) is 7.11 Å². The van der Waals surface area contributed by atoms with Gasteiger partial charge in [0.15, 0.2) is 0 Å². The molecule has 0 radical (unpaired) electrons. The van der Waals surface area contributed by atoms with E-state index in [-0.39, 0.29) is 11.7 Å². The molecule has 0 amide bonds. The number of hydrogen-bond donors (Lipinski definition) is 1. The highest BCUT2D eigenvalue weighted by atomic mass is 16.5. The molecule has 16 heavy (non-hydrogen) atoms. The minimum atomic E-state index is -0.494. The van der Waals surface area contributed by atoms with Crippen LogP contribution < -0.4 is 0 Å². The first-order valence-electron chi connectivity index (χ1n) is 5.38. The quantitative estimate of drug-likeness (QED) is 0.796. The number of rotatable bonds is 4. The molecule has 88 valence electrons. The van der Waals surface area contributed by atoms with Gasteiger partial charge in [-0.25, -0.2) is 0 Å². The molecule has 1 N–H and O–H groups in total. The van der Waals surface area contributed by atoms with Gasteiger partial charge in [0.1, 0.15) is 5.75 Å². The maximum Gasteiger partial charge on any atom is 0.311 e. The summed E-state index contributed by atoms with van der Waals surface area (Å²) in [6.07, 6.45) is 1.34. The molecule has 0 saturated heterocycles. The smallest absolute Gasteiger partial charge is 0.311 e. The lowest BCUT2D eigenvalue weighted by molar-refractivity contribution is -0.151. The second-order valence-electron chi connectivity index (χ2n) is 4.25. The molecule has 1 atom stereocenters. The number of benzene rings is 1. The van der Waals surface area contributed by atoms with Crippen LogP contribution in [0.3, 0.4) is 0 Å². The Morgan fingerprint density at radius 2 is 1.94 bits per heavy atom. The van der Waals surface area contributed by atoms with E-state index in [9.17, 15) is 9.90 Å². The van der Waals surface area contributed by atoms with Gasteiger partial charge in [0.25, 0.3) is 0 Å². The predicted octanol–water partition coefficient (Wildman–Crippen LogP) is 2.52. The minimum absolute atomic E-state index is 0.192. The van der Waals surface area contributed by atoms with Crippen molar-refractivity contribution in [2.45, 2.75) is 26.7 Å². The molecule has 3 nitrogen and oxygen atoms in total. The van der Waals surface area contributed by atoms with Crippen molar-refractivity contribution >= 4 is 5.97 Å². The van der Waals surface area contributed by atoms with E-state index in [4.69, 9.17) is 4.74 Å². The zero-order valence-corrected chi connectivity index (χ0v) is 9.99. The van der Waals surface area contributed by atoms with Crippen LogP contribution in [-0.4, -0.2) is 18.2 Å². The zero-order chi connectivity index (χ0) is 12.2. The Kier molecular flexibility index (Phi) is 3.93. The van der Waals surface area contributed by atoms with Gasteiger partial charge in [0.2, 0.25) is 0 Å². The van der Waals surface area contributed by atoms with Crippen molar-refractivity contribution in [2.75, 3.05) is 7.11 Å². The van der Waals surface area contributed by atoms with Crippen LogP contribution in [0, 0.1) is 5.41 Å². The largest absolute Gasteiger partial charge is 0.508 e. The van der Waals surface area contributed by atoms with Crippen LogP contribution in [0.1, 0.15) is 25.8 Å². The topological polar surface area (TPSA) is 46.5 Å². The van der Waals surface area contributed by atoms with Crippen molar-refractivity contribution in [3.05, 3.63) is 29.8 Å². The Morgan fingerprint density at radius 1 is 1.38 bits per heavy atom. The second kappa shape index (κ2) is 5.01. The van der Waals surface area contributed by atoms with Crippen molar-refractivity contribution in [2.24, 2.45) is 5.41 Å². The van der Waals surface area contributed by atoms with Crippen LogP contribution in [0.15, 0.2) is 24.3 Å². The first-order chi connectivity index (χ1) is 7.51. The molecule has 1 aromatic rings. The summed E-state index contributed by atoms with van der Waals surface area (Å²) in [5, 5.41) is 9.18. The van der Waals surface area contributed by atoms with Crippen molar-refractivity contribution in [3.8, 4) is 5.75 Å². The summed E-state index contributed by atoms with van der Waals surface area (Å²) in [5.41, 5.74) is 0.527. The van der Waals surface area contributed by atoms with Gasteiger partial charge in [-0.1, -0.05) is 19.1 Å². The Morgan fingerprint density at radius 3 is 2.38 bits per heavy atom. The van der Waals surface area contributed by atoms with E-state index in [2.05, 4.69) is 0 Å². The molecule has 1 unspecified atom stereocenters. The summed E-state index contributed by atoms with van der Waals surface area (Å²) in [5.74, 6) is 0.0445. The van der Waals surface area contributed by atoms with Gasteiger partial charge in [-0.3, -0.25) is 4.79 Å². The van der Waals surface area contributed by atoms with E-state index in [1.54, 1.807) is 12.1 Å². The van der Waals surface area contributed by atoms with Crippen LogP contribution in [0.25, 0.3) is 0 Å². The number of carbonyl (C=O) groups excluding carboxylic acids is 1. The Balaban J connectivity index is 2.84. The monoisotopic (exact) mass is 222 g/mol. The maximum absolute atomic E-state index is 11.7. The summed E-state index contributed by atoms with van der Waals surface area (Å²) in [6, 6.07) is 6.91. The van der Waals surface area contributed by atoms with Crippen LogP contribution in [0.4, 0.5) is 0 Å². The summed E-state index contributed by atoms with van der Waals surface area (Å²) in [4.78, 5) is 11.7. The molecule has 0 fully saturated rings. The fourth-order valence-corrected chi connectivity index (χ4v) is 1.65. The van der Waals surface area contributed by atoms with E-state index >= 15 is 0 Å². The van der Waals surface area contributed by atoms with E-state index < -0.39 is 5.41 Å². The molecular formula is C13H18O3. The number of methoxy groups -OCH3 is 1. The van der Waals surface area contributed by atoms with Gasteiger partial charge in [-0.2, -0.15) is 0 Å². The van der Waals surface area contributed by atoms with Crippen molar-refractivity contribution in [3.63, 3.8) is 0 Å². The molecule has 0 bridgehead atoms. The molecule has 0 spiro atoms. The normalized spacial score (nSPS) is 14.2. The fraction of sp³-hybridized carbons (Fsp3) is 0.462. The number of phenolic OH excluding ortho intramolecular Hbond substituents is 1. The molecule has 0 saturated carbocycles. The van der Waals surface area contributed by atoms with Crippen LogP contribution in [0.2, 0.25) is 0 Å². The molecule has 3 heteroatoms. The summed E-state index contributed by atoms with van der Waals surface area (Å²) < 4.78 is 4.81. The third kappa shape index (κ3) is 2.75. The van der Waals surface area contributed by atoms with Gasteiger partial charge in [0, 0.05) is 0 Å². The van der Waals surface area contributed by atoms with Crippen LogP contribution in [0.5, 0.6) is 5.75 Å². The van der Waals surface area contributed by atoms with Gasteiger partial charge in [0.05, 0.1) is 12.5 Å². The van der Waals surface area contributed by atoms with Crippen molar-refractivity contribution in [1.29, 1.82) is 0 Å². The summed E-state index contributed by atoms with van der Waals surface area (Å²) in [7, 11) is 1.41. The van der Waals surface area contributed by atoms with Gasteiger partial charge >= 0.3 is 5.97 Å². The number of hydrogen-bond acceptors (Lipinski definition) is 3.